The molecule has 2 N–H and O–H groups in total. The number of halogens is 2. The molecule has 0 spiro atoms. The molecule has 0 saturated carbocycles. The minimum atomic E-state index is -3.73. The van der Waals surface area contributed by atoms with E-state index in [0.717, 1.165) is 10.5 Å². The molecule has 1 fully saturated rings. The third-order valence-corrected chi connectivity index (χ3v) is 5.48. The van der Waals surface area contributed by atoms with Crippen LogP contribution in [0.15, 0.2) is 42.7 Å². The van der Waals surface area contributed by atoms with Crippen LogP contribution in [0.2, 0.25) is 0 Å². The van der Waals surface area contributed by atoms with Crippen LogP contribution < -0.4 is 14.8 Å². The number of nitrogens with one attached hydrogen (secondary N) is 1. The number of amides is 1. The van der Waals surface area contributed by atoms with Crippen molar-refractivity contribution in [1.82, 2.24) is 15.2 Å². The van der Waals surface area contributed by atoms with Crippen molar-refractivity contribution in [2.45, 2.75) is 38.1 Å². The van der Waals surface area contributed by atoms with Crippen LogP contribution in [0, 0.1) is 5.92 Å². The van der Waals surface area contributed by atoms with Crippen LogP contribution in [0.4, 0.5) is 8.78 Å². The monoisotopic (exact) mass is 449 g/mol. The molecule has 170 valence electrons. The minimum Gasteiger partial charge on any atom is -0.480 e. The molecule has 4 rings (SSSR count). The van der Waals surface area contributed by atoms with Crippen LogP contribution >= 0.6 is 0 Å². The van der Waals surface area contributed by atoms with Gasteiger partial charge in [0.1, 0.15) is 6.04 Å². The quantitative estimate of drug-likeness (QED) is 0.466. The number of hydrogen-bond acceptors (Lipinski definition) is 7. The van der Waals surface area contributed by atoms with Crippen molar-refractivity contribution < 1.29 is 37.7 Å². The number of methoxy groups -OCH3 is 1. The van der Waals surface area contributed by atoms with Gasteiger partial charge in [-0.15, -0.1) is 8.78 Å². The van der Waals surface area contributed by atoms with Gasteiger partial charge in [-0.3, -0.25) is 20.0 Å². The number of hydrogen-bond donors (Lipinski definition) is 2. The summed E-state index contributed by atoms with van der Waals surface area (Å²) in [6.07, 6.45) is -1.35. The van der Waals surface area contributed by atoms with Gasteiger partial charge < -0.3 is 19.3 Å². The predicted molar refractivity (Wildman–Crippen MR) is 105 cm³/mol. The molecule has 1 aromatic heterocycles. The van der Waals surface area contributed by atoms with Crippen LogP contribution in [0.3, 0.4) is 0 Å². The summed E-state index contributed by atoms with van der Waals surface area (Å²) in [5.74, 6) is -2.48. The Hall–Kier alpha value is -3.31. The van der Waals surface area contributed by atoms with Gasteiger partial charge in [-0.25, -0.2) is 4.79 Å². The zero-order valence-electron chi connectivity index (χ0n) is 17.2. The molecule has 1 aromatic carbocycles. The number of rotatable bonds is 8. The average Bonchev–Trinajstić information content (AvgIpc) is 3.07. The van der Waals surface area contributed by atoms with Crippen molar-refractivity contribution in [3.8, 4) is 11.5 Å². The van der Waals surface area contributed by atoms with Crippen LogP contribution in [0.5, 0.6) is 11.5 Å². The molecule has 0 aliphatic carbocycles. The zero-order valence-corrected chi connectivity index (χ0v) is 17.2. The third kappa shape index (κ3) is 4.08. The normalized spacial score (nSPS) is 22.9. The SMILES string of the molecule is COC(NC(C)c1ccc2c(c1)OC(F)(F)O2)N1C(=O)[C@H](Cc2cccnc2)C1C(=O)O. The molecule has 1 amide bonds. The van der Waals surface area contributed by atoms with Gasteiger partial charge >= 0.3 is 12.3 Å². The number of pyridine rings is 1. The first kappa shape index (κ1) is 21.9. The van der Waals surface area contributed by atoms with E-state index >= 15 is 0 Å². The minimum absolute atomic E-state index is 0.0867. The lowest BCUT2D eigenvalue weighted by Gasteiger charge is -2.48. The highest BCUT2D eigenvalue weighted by Crippen LogP contribution is 2.42. The van der Waals surface area contributed by atoms with Crippen molar-refractivity contribution in [2.75, 3.05) is 7.11 Å². The first-order chi connectivity index (χ1) is 15.2. The van der Waals surface area contributed by atoms with E-state index < -0.39 is 36.6 Å². The molecule has 3 heterocycles. The van der Waals surface area contributed by atoms with Crippen LogP contribution in [-0.4, -0.2) is 52.7 Å². The molecule has 2 aliphatic rings. The highest BCUT2D eigenvalue weighted by atomic mass is 19.3. The summed E-state index contributed by atoms with van der Waals surface area (Å²) in [6, 6.07) is 6.20. The van der Waals surface area contributed by atoms with Crippen LogP contribution in [0.25, 0.3) is 0 Å². The van der Waals surface area contributed by atoms with E-state index in [1.54, 1.807) is 37.5 Å². The van der Waals surface area contributed by atoms with Crippen molar-refractivity contribution in [3.05, 3.63) is 53.9 Å². The Bertz CT molecular complexity index is 1020. The Morgan fingerprint density at radius 2 is 2.09 bits per heavy atom. The number of alkyl halides is 2. The van der Waals surface area contributed by atoms with E-state index in [9.17, 15) is 23.5 Å². The lowest BCUT2D eigenvalue weighted by Crippen LogP contribution is -2.71. The summed E-state index contributed by atoms with van der Waals surface area (Å²) in [7, 11) is 1.34. The van der Waals surface area contributed by atoms with E-state index in [-0.39, 0.29) is 23.8 Å². The van der Waals surface area contributed by atoms with Gasteiger partial charge in [0.05, 0.1) is 5.92 Å². The molecule has 4 atom stereocenters. The molecular formula is C21H21F2N3O6. The van der Waals surface area contributed by atoms with E-state index in [1.807, 2.05) is 0 Å². The molecule has 2 aromatic rings. The van der Waals surface area contributed by atoms with Crippen molar-refractivity contribution >= 4 is 11.9 Å². The Labute approximate surface area is 181 Å². The van der Waals surface area contributed by atoms with Gasteiger partial charge in [-0.05, 0) is 42.7 Å². The number of carboxylic acid groups (broad SMARTS) is 1. The smallest absolute Gasteiger partial charge is 0.480 e. The van der Waals surface area contributed by atoms with Crippen molar-refractivity contribution in [1.29, 1.82) is 0 Å². The number of aromatic nitrogens is 1. The maximum Gasteiger partial charge on any atom is 0.586 e. The van der Waals surface area contributed by atoms with Crippen LogP contribution in [-0.2, 0) is 20.7 Å². The number of likely N-dealkylation sites (tertiary alicyclic amines) is 1. The number of nitrogens with zero attached hydrogens (tertiary/aromatic N) is 2. The number of carboxylic acids is 1. The second-order valence-electron chi connectivity index (χ2n) is 7.55. The van der Waals surface area contributed by atoms with E-state index in [4.69, 9.17) is 4.74 Å². The molecule has 0 radical (unpaired) electrons. The fourth-order valence-electron chi connectivity index (χ4n) is 3.91. The summed E-state index contributed by atoms with van der Waals surface area (Å²) in [4.78, 5) is 29.9. The largest absolute Gasteiger partial charge is 0.586 e. The molecule has 9 nitrogen and oxygen atoms in total. The first-order valence-electron chi connectivity index (χ1n) is 9.82. The predicted octanol–water partition coefficient (Wildman–Crippen LogP) is 2.14. The Morgan fingerprint density at radius 3 is 2.75 bits per heavy atom. The first-order valence-corrected chi connectivity index (χ1v) is 9.82. The molecular weight excluding hydrogens is 428 g/mol. The maximum absolute atomic E-state index is 13.3. The maximum atomic E-state index is 13.3. The van der Waals surface area contributed by atoms with Crippen molar-refractivity contribution in [3.63, 3.8) is 0 Å². The van der Waals surface area contributed by atoms with Gasteiger partial charge in [0.25, 0.3) is 0 Å². The topological polar surface area (TPSA) is 110 Å². The highest BCUT2D eigenvalue weighted by Gasteiger charge is 2.54. The van der Waals surface area contributed by atoms with Gasteiger partial charge in [0, 0.05) is 25.5 Å². The number of ether oxygens (including phenoxy) is 3. The fourth-order valence-corrected chi connectivity index (χ4v) is 3.91. The molecule has 2 aliphatic heterocycles. The summed E-state index contributed by atoms with van der Waals surface area (Å²) < 4.78 is 40.8. The van der Waals surface area contributed by atoms with E-state index in [1.165, 1.54) is 19.2 Å². The lowest BCUT2D eigenvalue weighted by molar-refractivity contribution is -0.286. The molecule has 3 unspecified atom stereocenters. The lowest BCUT2D eigenvalue weighted by atomic mass is 9.82. The third-order valence-electron chi connectivity index (χ3n) is 5.48. The second kappa shape index (κ2) is 8.32. The number of carbonyl (C=O) groups excluding carboxylic acids is 1. The molecule has 1 saturated heterocycles. The summed E-state index contributed by atoms with van der Waals surface area (Å²) >= 11 is 0. The Balaban J connectivity index is 1.47. The summed E-state index contributed by atoms with van der Waals surface area (Å²) in [5.41, 5.74) is 1.31. The van der Waals surface area contributed by atoms with Gasteiger partial charge in [-0.1, -0.05) is 12.1 Å². The number of β-lactam (4-membered cyclic amide) rings is 1. The number of aliphatic carboxylic acids is 1. The highest BCUT2D eigenvalue weighted by molar-refractivity contribution is 5.96. The second-order valence-corrected chi connectivity index (χ2v) is 7.55. The van der Waals surface area contributed by atoms with Crippen molar-refractivity contribution in [2.24, 2.45) is 5.92 Å². The van der Waals surface area contributed by atoms with Gasteiger partial charge in [-0.2, -0.15) is 0 Å². The zero-order chi connectivity index (χ0) is 23.0. The standard InChI is InChI=1S/C21H21F2N3O6/c1-11(13-5-6-15-16(9-13)32-21(22,23)31-15)25-20(30-2)26-17(19(28)29)14(18(26)27)8-12-4-3-7-24-10-12/h3-7,9-11,14,17,20,25H,8H2,1-2H3,(H,28,29)/t11?,14-,17?,20?/m1/s1. The number of carbonyl (C=O) groups is 2. The van der Waals surface area contributed by atoms with Crippen LogP contribution in [0.1, 0.15) is 24.1 Å². The molecule has 11 heteroatoms. The van der Waals surface area contributed by atoms with Gasteiger partial charge in [0.2, 0.25) is 5.91 Å². The molecule has 32 heavy (non-hydrogen) atoms. The summed E-state index contributed by atoms with van der Waals surface area (Å²) in [6.45, 7) is 1.72. The van der Waals surface area contributed by atoms with Gasteiger partial charge in [0.15, 0.2) is 17.9 Å². The molecule has 0 bridgehead atoms. The average molecular weight is 449 g/mol. The fraction of sp³-hybridized carbons (Fsp3) is 0.381. The number of benzene rings is 1. The van der Waals surface area contributed by atoms with E-state index in [2.05, 4.69) is 19.8 Å². The Morgan fingerprint density at radius 1 is 1.34 bits per heavy atom. The summed E-state index contributed by atoms with van der Waals surface area (Å²) in [5, 5.41) is 12.7. The van der Waals surface area contributed by atoms with E-state index in [0.29, 0.717) is 5.56 Å². The number of fused-ring (bicyclic) bond motifs is 1. The Kier molecular flexibility index (Phi) is 5.70.